The molecule has 0 atom stereocenters. The zero-order chi connectivity index (χ0) is 19.9. The lowest BCUT2D eigenvalue weighted by Gasteiger charge is -2.14. The molecule has 7 heteroatoms. The second-order valence-corrected chi connectivity index (χ2v) is 8.14. The van der Waals surface area contributed by atoms with E-state index in [1.165, 1.54) is 0 Å². The highest BCUT2D eigenvalue weighted by Crippen LogP contribution is 2.22. The summed E-state index contributed by atoms with van der Waals surface area (Å²) in [5, 5.41) is 4.75. The summed E-state index contributed by atoms with van der Waals surface area (Å²) < 4.78 is 5.30. The van der Waals surface area contributed by atoms with Crippen LogP contribution in [0.2, 0.25) is 5.02 Å². The van der Waals surface area contributed by atoms with Crippen molar-refractivity contribution in [2.75, 3.05) is 12.8 Å². The normalized spacial score (nSPS) is 10.8. The van der Waals surface area contributed by atoms with Crippen molar-refractivity contribution in [2.45, 2.75) is 31.2 Å². The van der Waals surface area contributed by atoms with Crippen molar-refractivity contribution in [3.8, 4) is 11.4 Å². The average Bonchev–Trinajstić information content (AvgIpc) is 3.15. The largest absolute Gasteiger partial charge is 0.337 e. The Morgan fingerprint density at radius 1 is 1.21 bits per heavy atom. The number of amides is 1. The number of carbonyl (C=O) groups excluding carboxylic acids is 1. The molecule has 0 radical (unpaired) electrons. The minimum absolute atomic E-state index is 0.0620. The molecule has 0 saturated heterocycles. The Balaban J connectivity index is 1.44. The highest BCUT2D eigenvalue weighted by Gasteiger charge is 2.14. The summed E-state index contributed by atoms with van der Waals surface area (Å²) in [7, 11) is 1.76. The first kappa shape index (κ1) is 20.4. The summed E-state index contributed by atoms with van der Waals surface area (Å²) in [6.07, 6.45) is 1.28. The van der Waals surface area contributed by atoms with E-state index in [0.29, 0.717) is 24.7 Å². The summed E-state index contributed by atoms with van der Waals surface area (Å²) in [5.74, 6) is 1.91. The Morgan fingerprint density at radius 3 is 2.75 bits per heavy atom. The van der Waals surface area contributed by atoms with Gasteiger partial charge in [0.2, 0.25) is 17.6 Å². The van der Waals surface area contributed by atoms with Gasteiger partial charge < -0.3 is 9.42 Å². The van der Waals surface area contributed by atoms with Crippen LogP contribution >= 0.6 is 23.4 Å². The van der Waals surface area contributed by atoms with Crippen LogP contribution < -0.4 is 0 Å². The third-order valence-electron chi connectivity index (χ3n) is 4.16. The van der Waals surface area contributed by atoms with Gasteiger partial charge in [-0.15, -0.1) is 11.8 Å². The lowest BCUT2D eigenvalue weighted by Crippen LogP contribution is -2.26. The third-order valence-corrected chi connectivity index (χ3v) is 5.51. The molecule has 0 bridgehead atoms. The fourth-order valence-electron chi connectivity index (χ4n) is 2.65. The van der Waals surface area contributed by atoms with Crippen LogP contribution in [0.25, 0.3) is 11.4 Å². The molecule has 1 amide bonds. The predicted molar refractivity (Wildman–Crippen MR) is 112 cm³/mol. The van der Waals surface area contributed by atoms with Crippen molar-refractivity contribution in [3.05, 3.63) is 65.0 Å². The Bertz CT molecular complexity index is 927. The molecule has 146 valence electrons. The van der Waals surface area contributed by atoms with Gasteiger partial charge in [0, 0.05) is 29.0 Å². The van der Waals surface area contributed by atoms with E-state index in [0.717, 1.165) is 33.2 Å². The fraction of sp³-hybridized carbons (Fsp3) is 0.286. The van der Waals surface area contributed by atoms with Crippen molar-refractivity contribution in [1.82, 2.24) is 15.0 Å². The molecule has 5 nitrogen and oxygen atoms in total. The minimum Gasteiger partial charge on any atom is -0.337 e. The van der Waals surface area contributed by atoms with E-state index in [2.05, 4.69) is 10.1 Å². The van der Waals surface area contributed by atoms with Crippen LogP contribution in [0.4, 0.5) is 0 Å². The standard InChI is InChI=1S/C21H22ClN3O2S/c1-15-5-3-6-16(13-15)21-23-19(27-24-21)14-25(2)20(26)7-4-12-28-18-10-8-17(22)9-11-18/h3,5-6,8-11,13H,4,7,12,14H2,1-2H3. The molecule has 0 aliphatic rings. The predicted octanol–water partition coefficient (Wildman–Crippen LogP) is 5.23. The Hall–Kier alpha value is -2.31. The Kier molecular flexibility index (Phi) is 7.12. The van der Waals surface area contributed by atoms with Gasteiger partial charge in [0.05, 0.1) is 6.54 Å². The van der Waals surface area contributed by atoms with E-state index in [-0.39, 0.29) is 5.91 Å². The molecule has 28 heavy (non-hydrogen) atoms. The lowest BCUT2D eigenvalue weighted by molar-refractivity contribution is -0.130. The molecule has 1 aromatic heterocycles. The Labute approximate surface area is 174 Å². The number of aryl methyl sites for hydroxylation is 1. The second-order valence-electron chi connectivity index (χ2n) is 6.54. The van der Waals surface area contributed by atoms with Gasteiger partial charge in [-0.1, -0.05) is 40.5 Å². The van der Waals surface area contributed by atoms with E-state index in [9.17, 15) is 4.79 Å². The SMILES string of the molecule is Cc1cccc(-c2noc(CN(C)C(=O)CCCSc3ccc(Cl)cc3)n2)c1. The van der Waals surface area contributed by atoms with Crippen molar-refractivity contribution in [1.29, 1.82) is 0 Å². The van der Waals surface area contributed by atoms with Crippen LogP contribution in [0.15, 0.2) is 57.9 Å². The number of halogens is 1. The maximum Gasteiger partial charge on any atom is 0.246 e. The molecular formula is C21H22ClN3O2S. The van der Waals surface area contributed by atoms with E-state index in [1.54, 1.807) is 23.7 Å². The number of hydrogen-bond acceptors (Lipinski definition) is 5. The van der Waals surface area contributed by atoms with Gasteiger partial charge in [0.25, 0.3) is 0 Å². The van der Waals surface area contributed by atoms with Crippen molar-refractivity contribution < 1.29 is 9.32 Å². The molecule has 0 unspecified atom stereocenters. The third kappa shape index (κ3) is 5.84. The van der Waals surface area contributed by atoms with E-state index in [4.69, 9.17) is 16.1 Å². The summed E-state index contributed by atoms with van der Waals surface area (Å²) in [5.41, 5.74) is 2.04. The number of hydrogen-bond donors (Lipinski definition) is 0. The van der Waals surface area contributed by atoms with E-state index < -0.39 is 0 Å². The van der Waals surface area contributed by atoms with E-state index in [1.807, 2.05) is 55.5 Å². The van der Waals surface area contributed by atoms with Gasteiger partial charge in [-0.25, -0.2) is 0 Å². The summed E-state index contributed by atoms with van der Waals surface area (Å²) in [4.78, 5) is 19.5. The highest BCUT2D eigenvalue weighted by atomic mass is 35.5. The van der Waals surface area contributed by atoms with Crippen LogP contribution in [0, 0.1) is 6.92 Å². The molecule has 0 saturated carbocycles. The van der Waals surface area contributed by atoms with Gasteiger partial charge >= 0.3 is 0 Å². The monoisotopic (exact) mass is 415 g/mol. The molecule has 3 rings (SSSR count). The summed E-state index contributed by atoms with van der Waals surface area (Å²) in [6, 6.07) is 15.6. The molecule has 3 aromatic rings. The summed E-state index contributed by atoms with van der Waals surface area (Å²) in [6.45, 7) is 2.32. The van der Waals surface area contributed by atoms with Gasteiger partial charge in [-0.2, -0.15) is 4.98 Å². The zero-order valence-corrected chi connectivity index (χ0v) is 17.5. The van der Waals surface area contributed by atoms with Crippen LogP contribution in [-0.4, -0.2) is 33.7 Å². The molecular weight excluding hydrogens is 394 g/mol. The fourth-order valence-corrected chi connectivity index (χ4v) is 3.63. The molecule has 0 aliphatic carbocycles. The number of thioether (sulfide) groups is 1. The van der Waals surface area contributed by atoms with Crippen LogP contribution in [0.5, 0.6) is 0 Å². The Morgan fingerprint density at radius 2 is 2.00 bits per heavy atom. The summed E-state index contributed by atoms with van der Waals surface area (Å²) >= 11 is 7.60. The molecule has 0 N–H and O–H groups in total. The van der Waals surface area contributed by atoms with Gasteiger partial charge in [0.15, 0.2) is 0 Å². The first-order valence-corrected chi connectivity index (χ1v) is 10.4. The number of nitrogens with zero attached hydrogens (tertiary/aromatic N) is 3. The maximum atomic E-state index is 12.3. The van der Waals surface area contributed by atoms with Crippen molar-refractivity contribution in [2.24, 2.45) is 0 Å². The van der Waals surface area contributed by atoms with E-state index >= 15 is 0 Å². The number of rotatable bonds is 8. The molecule has 1 heterocycles. The van der Waals surface area contributed by atoms with Crippen LogP contribution in [-0.2, 0) is 11.3 Å². The second kappa shape index (κ2) is 9.75. The van der Waals surface area contributed by atoms with Crippen molar-refractivity contribution in [3.63, 3.8) is 0 Å². The topological polar surface area (TPSA) is 59.2 Å². The first-order valence-electron chi connectivity index (χ1n) is 9.03. The average molecular weight is 416 g/mol. The van der Waals surface area contributed by atoms with Gasteiger partial charge in [-0.05, 0) is 49.4 Å². The van der Waals surface area contributed by atoms with Gasteiger partial charge in [0.1, 0.15) is 0 Å². The molecule has 2 aromatic carbocycles. The quantitative estimate of drug-likeness (QED) is 0.372. The lowest BCUT2D eigenvalue weighted by atomic mass is 10.1. The number of benzene rings is 2. The van der Waals surface area contributed by atoms with Crippen LogP contribution in [0.1, 0.15) is 24.3 Å². The minimum atomic E-state index is 0.0620. The van der Waals surface area contributed by atoms with Crippen LogP contribution in [0.3, 0.4) is 0 Å². The number of aromatic nitrogens is 2. The zero-order valence-electron chi connectivity index (χ0n) is 15.9. The molecule has 0 fully saturated rings. The number of carbonyl (C=O) groups is 1. The van der Waals surface area contributed by atoms with Gasteiger partial charge in [-0.3, -0.25) is 4.79 Å². The smallest absolute Gasteiger partial charge is 0.246 e. The van der Waals surface area contributed by atoms with Crippen molar-refractivity contribution >= 4 is 29.3 Å². The maximum absolute atomic E-state index is 12.3. The molecule has 0 aliphatic heterocycles. The highest BCUT2D eigenvalue weighted by molar-refractivity contribution is 7.99. The first-order chi connectivity index (χ1) is 13.5. The molecule has 0 spiro atoms.